The van der Waals surface area contributed by atoms with Crippen LogP contribution in [0.3, 0.4) is 0 Å². The Labute approximate surface area is 469 Å². The third kappa shape index (κ3) is 12.8. The van der Waals surface area contributed by atoms with Crippen LogP contribution in [0, 0.1) is 13.8 Å². The van der Waals surface area contributed by atoms with Gasteiger partial charge in [-0.05, 0) is 98.4 Å². The number of nitrogens with one attached hydrogen (secondary N) is 3. The van der Waals surface area contributed by atoms with Gasteiger partial charge in [-0.1, -0.05) is 90.1 Å². The van der Waals surface area contributed by atoms with Crippen LogP contribution in [0.25, 0.3) is 10.9 Å². The predicted molar refractivity (Wildman–Crippen MR) is 312 cm³/mol. The molecule has 2 aromatic carbocycles. The molecule has 5 aromatic rings. The van der Waals surface area contributed by atoms with Crippen molar-refractivity contribution < 1.29 is 36.7 Å². The lowest BCUT2D eigenvalue weighted by atomic mass is 9.90. The summed E-state index contributed by atoms with van der Waals surface area (Å²) in [6, 6.07) is 17.1. The van der Waals surface area contributed by atoms with Crippen LogP contribution in [0.5, 0.6) is 0 Å². The number of hydrogen-bond donors (Lipinski definition) is 3. The van der Waals surface area contributed by atoms with Gasteiger partial charge in [0, 0.05) is 72.6 Å². The summed E-state index contributed by atoms with van der Waals surface area (Å²) in [5, 5.41) is 0.672. The molecule has 3 N–H and O–H groups in total. The number of carbonyl (C=O) groups excluding carboxylic acids is 1. The average Bonchev–Trinajstić information content (AvgIpc) is 4.28. The molecule has 7 heterocycles. The zero-order chi connectivity index (χ0) is 57.0. The summed E-state index contributed by atoms with van der Waals surface area (Å²) in [4.78, 5) is 79.8. The molecule has 1 amide bonds. The zero-order valence-corrected chi connectivity index (χ0v) is 51.5. The summed E-state index contributed by atoms with van der Waals surface area (Å²) in [5.41, 5.74) is 2.30. The molecule has 19 nitrogen and oxygen atoms in total. The van der Waals surface area contributed by atoms with Gasteiger partial charge < -0.3 is 41.8 Å². The average molecular weight is 1160 g/mol. The number of amides is 1. The highest BCUT2D eigenvalue weighted by molar-refractivity contribution is 8.07. The Morgan fingerprint density at radius 3 is 1.86 bits per heavy atom. The molecule has 0 bridgehead atoms. The normalized spacial score (nSPS) is 25.0. The van der Waals surface area contributed by atoms with Crippen LogP contribution in [0.4, 0.5) is 0 Å². The summed E-state index contributed by atoms with van der Waals surface area (Å²) in [5.74, 6) is 0.0604. The summed E-state index contributed by atoms with van der Waals surface area (Å²) in [6.45, 7) is 22.3. The van der Waals surface area contributed by atoms with E-state index in [4.69, 9.17) is 43.7 Å². The number of rotatable bonds is 18. The van der Waals surface area contributed by atoms with E-state index in [1.807, 2.05) is 41.3 Å². The predicted octanol–water partition coefficient (Wildman–Crippen LogP) is 8.61. The molecule has 9 atom stereocenters. The quantitative estimate of drug-likeness (QED) is 0.0554. The summed E-state index contributed by atoms with van der Waals surface area (Å²) < 4.78 is 51.5. The number of likely N-dealkylation sites (tertiary alicyclic amines) is 1. The molecule has 79 heavy (non-hydrogen) atoms. The van der Waals surface area contributed by atoms with Gasteiger partial charge in [-0.2, -0.15) is 0 Å². The Morgan fingerprint density at radius 2 is 1.27 bits per heavy atom. The van der Waals surface area contributed by atoms with E-state index in [1.54, 1.807) is 13.8 Å². The van der Waals surface area contributed by atoms with E-state index in [0.717, 1.165) is 40.6 Å². The van der Waals surface area contributed by atoms with E-state index < -0.39 is 94.8 Å². The molecule has 23 heteroatoms. The Balaban J connectivity index is 1.12. The number of ether oxygens (including phenoxy) is 2. The maximum absolute atomic E-state index is 15.0. The van der Waals surface area contributed by atoms with Crippen molar-refractivity contribution in [1.29, 1.82) is 0 Å². The van der Waals surface area contributed by atoms with Crippen molar-refractivity contribution in [3.8, 4) is 0 Å². The van der Waals surface area contributed by atoms with Gasteiger partial charge in [0.05, 0.1) is 44.1 Å². The fourth-order valence-corrected chi connectivity index (χ4v) is 15.0. The number of aromatic nitrogens is 5. The number of nitrogens with zero attached hydrogens (tertiary/aromatic N) is 4. The van der Waals surface area contributed by atoms with Crippen molar-refractivity contribution in [3.63, 3.8) is 0 Å². The minimum atomic E-state index is -4.03. The van der Waals surface area contributed by atoms with Crippen molar-refractivity contribution in [1.82, 2.24) is 33.9 Å². The molecular weight excluding hydrogens is 1080 g/mol. The molecule has 3 saturated heterocycles. The second-order valence-corrected chi connectivity index (χ2v) is 37.4. The number of carbonyl (C=O) groups is 1. The van der Waals surface area contributed by atoms with Gasteiger partial charge in [0.1, 0.15) is 24.7 Å². The standard InChI is InChI=1S/C56H80N7O12PSSi2/c1-35-29-62(53(67)58-50(35)64)47-27-43(46(73-47)34-71-78(9,10)55(3,4)5)74-76(77,70-33-45-44(75-79(11,12)56(6,7)8)28-48(72-45)63-30-36(2)51(65)59-54(63)68)69-32-42-49-39(38-22-16-17-23-40(38)57-49)26-41(52(66)60-24-18-19-25-60)61(42)31-37-20-14-13-15-21-37/h13-17,20-23,29-30,41-48,57H,18-19,24-28,31-34H2,1-12H3,(H,58,64,67)(H,59,65,68)/t41-,42+,43-,44-,45+,46+,47+,48+,76?/m0/s1. The van der Waals surface area contributed by atoms with E-state index >= 15 is 0 Å². The lowest BCUT2D eigenvalue weighted by molar-refractivity contribution is -0.138. The molecule has 0 spiro atoms. The first-order valence-electron chi connectivity index (χ1n) is 27.6. The lowest BCUT2D eigenvalue weighted by Gasteiger charge is -2.43. The van der Waals surface area contributed by atoms with Gasteiger partial charge in [0.15, 0.2) is 16.6 Å². The van der Waals surface area contributed by atoms with E-state index in [0.29, 0.717) is 37.2 Å². The maximum atomic E-state index is 15.0. The van der Waals surface area contributed by atoms with E-state index in [2.05, 4.69) is 106 Å². The van der Waals surface area contributed by atoms with E-state index in [-0.39, 0.29) is 48.6 Å². The fraction of sp³-hybridized carbons (Fsp3) is 0.589. The molecule has 3 aromatic heterocycles. The SMILES string of the molecule is Cc1cn([C@H]2C[C@H](O[Si](C)(C)C(C)(C)C)[C@@H](COP(=S)(OC[C@@H]3c4[nH]c5ccccc5c4C[C@@H](C(=O)N4CCCC4)N3Cc3ccccc3)O[C@H]3C[C@H](n4cc(C)c(=O)[nH]c4=O)O[C@@H]3CO[Si](C)(C)C(C)(C)C)O2)c(=O)[nH]c1=O. The van der Waals surface area contributed by atoms with Gasteiger partial charge in [-0.15, -0.1) is 0 Å². The minimum Gasteiger partial charge on any atom is -0.414 e. The number of benzene rings is 2. The largest absolute Gasteiger partial charge is 0.414 e. The summed E-state index contributed by atoms with van der Waals surface area (Å²) in [7, 11) is -4.91. The molecule has 0 aliphatic carbocycles. The molecular formula is C56H80N7O12PSSi2. The second-order valence-electron chi connectivity index (χ2n) is 24.8. The fourth-order valence-electron chi connectivity index (χ4n) is 10.5. The van der Waals surface area contributed by atoms with E-state index in [1.165, 1.54) is 21.5 Å². The Morgan fingerprint density at radius 1 is 0.722 bits per heavy atom. The topological polar surface area (TPSA) is 214 Å². The first-order valence-corrected chi connectivity index (χ1v) is 36.0. The molecule has 0 saturated carbocycles. The van der Waals surface area contributed by atoms with Gasteiger partial charge in [0.25, 0.3) is 11.1 Å². The first kappa shape index (κ1) is 59.2. The van der Waals surface area contributed by atoms with Crippen LogP contribution in [0.15, 0.2) is 86.2 Å². The highest BCUT2D eigenvalue weighted by atomic mass is 32.5. The number of hydrogen-bond acceptors (Lipinski definition) is 14. The third-order valence-electron chi connectivity index (χ3n) is 17.3. The van der Waals surface area contributed by atoms with Crippen LogP contribution >= 0.6 is 6.72 Å². The zero-order valence-electron chi connectivity index (χ0n) is 47.8. The van der Waals surface area contributed by atoms with Crippen LogP contribution in [-0.2, 0) is 61.5 Å². The number of aryl methyl sites for hydroxylation is 2. The molecule has 3 fully saturated rings. The van der Waals surface area contributed by atoms with Gasteiger partial charge in [-0.3, -0.25) is 38.4 Å². The van der Waals surface area contributed by atoms with Crippen LogP contribution in [0.2, 0.25) is 36.3 Å². The molecule has 9 rings (SSSR count). The highest BCUT2D eigenvalue weighted by Gasteiger charge is 2.49. The monoisotopic (exact) mass is 1160 g/mol. The van der Waals surface area contributed by atoms with Crippen molar-refractivity contribution in [2.45, 2.75) is 179 Å². The van der Waals surface area contributed by atoms with Crippen molar-refractivity contribution in [2.75, 3.05) is 32.9 Å². The number of para-hydroxylation sites is 1. The van der Waals surface area contributed by atoms with Gasteiger partial charge in [-0.25, -0.2) is 9.59 Å². The smallest absolute Gasteiger partial charge is 0.330 e. The number of H-pyrrole nitrogens is 3. The Hall–Kier alpha value is -4.43. The molecule has 4 aliphatic rings. The number of aromatic amines is 3. The van der Waals surface area contributed by atoms with Crippen LogP contribution in [-0.4, -0.2) is 120 Å². The Kier molecular flexibility index (Phi) is 17.3. The highest BCUT2D eigenvalue weighted by Crippen LogP contribution is 2.56. The van der Waals surface area contributed by atoms with Crippen LogP contribution < -0.4 is 22.5 Å². The van der Waals surface area contributed by atoms with Gasteiger partial charge >= 0.3 is 18.1 Å². The van der Waals surface area contributed by atoms with Crippen molar-refractivity contribution >= 4 is 52.0 Å². The van der Waals surface area contributed by atoms with E-state index in [9.17, 15) is 24.0 Å². The van der Waals surface area contributed by atoms with Gasteiger partial charge in [0.2, 0.25) is 5.91 Å². The molecule has 0 radical (unpaired) electrons. The van der Waals surface area contributed by atoms with Crippen molar-refractivity contribution in [3.05, 3.63) is 137 Å². The maximum Gasteiger partial charge on any atom is 0.330 e. The summed E-state index contributed by atoms with van der Waals surface area (Å²) in [6.07, 6.45) is 0.974. The van der Waals surface area contributed by atoms with Crippen LogP contribution in [0.1, 0.15) is 114 Å². The van der Waals surface area contributed by atoms with Crippen molar-refractivity contribution in [2.24, 2.45) is 0 Å². The third-order valence-corrected chi connectivity index (χ3v) is 28.6. The minimum absolute atomic E-state index is 0.0604. The molecule has 1 unspecified atom stereocenters. The second kappa shape index (κ2) is 23.1. The molecule has 430 valence electrons. The number of fused-ring (bicyclic) bond motifs is 3. The Bertz CT molecular complexity index is 3310. The summed E-state index contributed by atoms with van der Waals surface area (Å²) >= 11 is 6.67. The lowest BCUT2D eigenvalue weighted by Crippen LogP contribution is -2.53. The first-order chi connectivity index (χ1) is 37.1. The molecule has 4 aliphatic heterocycles.